The predicted molar refractivity (Wildman–Crippen MR) is 42.7 cm³/mol. The van der Waals surface area contributed by atoms with Crippen molar-refractivity contribution in [1.82, 2.24) is 5.32 Å². The van der Waals surface area contributed by atoms with Crippen LogP contribution < -0.4 is 5.32 Å². The Morgan fingerprint density at radius 2 is 1.83 bits per heavy atom. The Labute approximate surface area is 75.9 Å². The summed E-state index contributed by atoms with van der Waals surface area (Å²) in [5.41, 5.74) is 0. The van der Waals surface area contributed by atoms with E-state index in [1.165, 1.54) is 7.11 Å². The summed E-state index contributed by atoms with van der Waals surface area (Å²) < 4.78 is 39.1. The van der Waals surface area contributed by atoms with Gasteiger partial charge in [-0.05, 0) is 0 Å². The number of hydrogen-bond donors (Lipinski definition) is 1. The largest absolute Gasteiger partial charge is 0.390 e. The van der Waals surface area contributed by atoms with E-state index >= 15 is 0 Å². The summed E-state index contributed by atoms with van der Waals surface area (Å²) in [5.74, 6) is 0. The lowest BCUT2D eigenvalue weighted by Gasteiger charge is -2.06. The fraction of sp³-hybridized carbons (Fsp3) is 1.00. The molecule has 0 aliphatic carbocycles. The summed E-state index contributed by atoms with van der Waals surface area (Å²) in [6, 6.07) is 0. The summed E-state index contributed by atoms with van der Waals surface area (Å²) in [5, 5.41) is 2.60. The van der Waals surface area contributed by atoms with Crippen molar-refractivity contribution in [1.29, 1.82) is 0 Å². The van der Waals surface area contributed by atoms with E-state index in [4.69, 9.17) is 0 Å². The van der Waals surface area contributed by atoms with Crippen LogP contribution in [0.3, 0.4) is 0 Å². The Balaban J connectivity index is 0. The Hall–Kier alpha value is -0.0000000000000000555. The molecule has 0 heterocycles. The SMILES string of the molecule is COCCNCCC(F)(F)F.Cl. The Morgan fingerprint density at radius 1 is 1.25 bits per heavy atom. The molecule has 0 amide bonds. The quantitative estimate of drug-likeness (QED) is 0.692. The minimum Gasteiger partial charge on any atom is -0.383 e. The maximum Gasteiger partial charge on any atom is 0.390 e. The first-order chi connectivity index (χ1) is 5.06. The van der Waals surface area contributed by atoms with Gasteiger partial charge in [0.1, 0.15) is 0 Å². The van der Waals surface area contributed by atoms with Crippen LogP contribution in [0.1, 0.15) is 6.42 Å². The molecule has 0 bridgehead atoms. The summed E-state index contributed by atoms with van der Waals surface area (Å²) in [7, 11) is 1.51. The second-order valence-corrected chi connectivity index (χ2v) is 2.11. The zero-order valence-corrected chi connectivity index (χ0v) is 7.60. The van der Waals surface area contributed by atoms with Crippen LogP contribution in [-0.2, 0) is 4.74 Å². The van der Waals surface area contributed by atoms with Crippen molar-refractivity contribution in [2.75, 3.05) is 26.8 Å². The zero-order valence-electron chi connectivity index (χ0n) is 6.78. The highest BCUT2D eigenvalue weighted by Gasteiger charge is 2.25. The third-order valence-electron chi connectivity index (χ3n) is 1.07. The minimum atomic E-state index is -4.06. The number of halogens is 4. The Morgan fingerprint density at radius 3 is 2.25 bits per heavy atom. The van der Waals surface area contributed by atoms with Gasteiger partial charge in [-0.3, -0.25) is 0 Å². The Kier molecular flexibility index (Phi) is 9.24. The molecule has 6 heteroatoms. The molecule has 0 fully saturated rings. The molecule has 2 nitrogen and oxygen atoms in total. The maximum atomic E-state index is 11.5. The van der Waals surface area contributed by atoms with Crippen LogP contribution in [0, 0.1) is 0 Å². The number of nitrogens with one attached hydrogen (secondary N) is 1. The third kappa shape index (κ3) is 12.7. The van der Waals surface area contributed by atoms with Gasteiger partial charge in [-0.25, -0.2) is 0 Å². The van der Waals surface area contributed by atoms with Gasteiger partial charge in [0.05, 0.1) is 13.0 Å². The van der Waals surface area contributed by atoms with E-state index in [9.17, 15) is 13.2 Å². The Bertz CT molecular complexity index is 99.3. The molecule has 0 aliphatic rings. The smallest absolute Gasteiger partial charge is 0.383 e. The number of hydrogen-bond acceptors (Lipinski definition) is 2. The molecule has 12 heavy (non-hydrogen) atoms. The molecule has 0 aromatic carbocycles. The summed E-state index contributed by atoms with van der Waals surface area (Å²) >= 11 is 0. The lowest BCUT2D eigenvalue weighted by molar-refractivity contribution is -0.133. The molecule has 0 atom stereocenters. The number of methoxy groups -OCH3 is 1. The van der Waals surface area contributed by atoms with Crippen LogP contribution in [-0.4, -0.2) is 33.0 Å². The van der Waals surface area contributed by atoms with Crippen molar-refractivity contribution in [3.63, 3.8) is 0 Å². The first-order valence-corrected chi connectivity index (χ1v) is 3.32. The van der Waals surface area contributed by atoms with Crippen LogP contribution in [0.25, 0.3) is 0 Å². The monoisotopic (exact) mass is 207 g/mol. The highest BCUT2D eigenvalue weighted by molar-refractivity contribution is 5.85. The van der Waals surface area contributed by atoms with E-state index in [0.29, 0.717) is 13.2 Å². The molecule has 0 spiro atoms. The van der Waals surface area contributed by atoms with Gasteiger partial charge in [-0.2, -0.15) is 13.2 Å². The summed E-state index contributed by atoms with van der Waals surface area (Å²) in [6.07, 6.45) is -4.84. The summed E-state index contributed by atoms with van der Waals surface area (Å²) in [4.78, 5) is 0. The first-order valence-electron chi connectivity index (χ1n) is 3.32. The molecule has 0 rings (SSSR count). The van der Waals surface area contributed by atoms with E-state index in [1.807, 2.05) is 0 Å². The molecule has 0 aliphatic heterocycles. The number of rotatable bonds is 5. The van der Waals surface area contributed by atoms with Crippen molar-refractivity contribution >= 4 is 12.4 Å². The molecular weight excluding hydrogens is 195 g/mol. The highest BCUT2D eigenvalue weighted by Crippen LogP contribution is 2.17. The normalized spacial score (nSPS) is 11.0. The van der Waals surface area contributed by atoms with Crippen LogP contribution in [0.15, 0.2) is 0 Å². The van der Waals surface area contributed by atoms with E-state index in [-0.39, 0.29) is 19.0 Å². The molecule has 0 radical (unpaired) electrons. The van der Waals surface area contributed by atoms with E-state index < -0.39 is 12.6 Å². The van der Waals surface area contributed by atoms with Gasteiger partial charge in [-0.1, -0.05) is 0 Å². The molecular formula is C6H13ClF3NO. The van der Waals surface area contributed by atoms with Gasteiger partial charge in [0.25, 0.3) is 0 Å². The average molecular weight is 208 g/mol. The van der Waals surface area contributed by atoms with Gasteiger partial charge in [0.2, 0.25) is 0 Å². The van der Waals surface area contributed by atoms with Gasteiger partial charge in [0, 0.05) is 20.2 Å². The molecule has 76 valence electrons. The lowest BCUT2D eigenvalue weighted by Crippen LogP contribution is -2.24. The number of ether oxygens (including phenoxy) is 1. The van der Waals surface area contributed by atoms with Crippen LogP contribution in [0.2, 0.25) is 0 Å². The molecule has 0 aromatic heterocycles. The van der Waals surface area contributed by atoms with Gasteiger partial charge in [0.15, 0.2) is 0 Å². The molecule has 0 saturated carbocycles. The maximum absolute atomic E-state index is 11.5. The lowest BCUT2D eigenvalue weighted by atomic mass is 10.4. The van der Waals surface area contributed by atoms with Crippen molar-refractivity contribution in [2.24, 2.45) is 0 Å². The number of alkyl halides is 3. The molecule has 0 aromatic rings. The highest BCUT2D eigenvalue weighted by atomic mass is 35.5. The van der Waals surface area contributed by atoms with Crippen LogP contribution in [0.5, 0.6) is 0 Å². The van der Waals surface area contributed by atoms with Gasteiger partial charge in [-0.15, -0.1) is 12.4 Å². The predicted octanol–water partition coefficient (Wildman–Crippen LogP) is 1.60. The van der Waals surface area contributed by atoms with Crippen molar-refractivity contribution in [3.8, 4) is 0 Å². The van der Waals surface area contributed by atoms with E-state index in [2.05, 4.69) is 10.1 Å². The third-order valence-corrected chi connectivity index (χ3v) is 1.07. The fourth-order valence-corrected chi connectivity index (χ4v) is 0.529. The zero-order chi connectivity index (χ0) is 8.74. The van der Waals surface area contributed by atoms with Crippen molar-refractivity contribution in [2.45, 2.75) is 12.6 Å². The average Bonchev–Trinajstić information content (AvgIpc) is 1.85. The topological polar surface area (TPSA) is 21.3 Å². The molecule has 0 unspecified atom stereocenters. The molecule has 1 N–H and O–H groups in total. The fourth-order valence-electron chi connectivity index (χ4n) is 0.529. The summed E-state index contributed by atoms with van der Waals surface area (Å²) in [6.45, 7) is 0.872. The van der Waals surface area contributed by atoms with E-state index in [1.54, 1.807) is 0 Å². The first kappa shape index (κ1) is 14.5. The van der Waals surface area contributed by atoms with Crippen molar-refractivity contribution in [3.05, 3.63) is 0 Å². The van der Waals surface area contributed by atoms with E-state index in [0.717, 1.165) is 0 Å². The van der Waals surface area contributed by atoms with Gasteiger partial charge >= 0.3 is 6.18 Å². The second kappa shape index (κ2) is 7.64. The minimum absolute atomic E-state index is 0. The molecule has 0 saturated heterocycles. The standard InChI is InChI=1S/C6H12F3NO.ClH/c1-11-5-4-10-3-2-6(7,8)9;/h10H,2-5H2,1H3;1H. The second-order valence-electron chi connectivity index (χ2n) is 2.11. The van der Waals surface area contributed by atoms with Crippen LogP contribution >= 0.6 is 12.4 Å². The van der Waals surface area contributed by atoms with Crippen LogP contribution in [0.4, 0.5) is 13.2 Å². The van der Waals surface area contributed by atoms with Gasteiger partial charge < -0.3 is 10.1 Å². The van der Waals surface area contributed by atoms with Crippen molar-refractivity contribution < 1.29 is 17.9 Å².